The van der Waals surface area contributed by atoms with Crippen molar-refractivity contribution < 1.29 is 9.90 Å². The zero-order valence-electron chi connectivity index (χ0n) is 9.83. The third-order valence-corrected chi connectivity index (χ3v) is 3.28. The van der Waals surface area contributed by atoms with Gasteiger partial charge in [-0.25, -0.2) is 14.8 Å². The van der Waals surface area contributed by atoms with Crippen LogP contribution in [0.4, 0.5) is 0 Å². The van der Waals surface area contributed by atoms with Crippen LogP contribution < -0.4 is 0 Å². The van der Waals surface area contributed by atoms with Gasteiger partial charge in [0.2, 0.25) is 0 Å². The molecular formula is C13H13N3O2. The molecule has 2 aromatic rings. The van der Waals surface area contributed by atoms with Crippen LogP contribution in [-0.2, 0) is 12.8 Å². The number of carboxylic acids is 1. The molecule has 5 heteroatoms. The number of pyridine rings is 1. The summed E-state index contributed by atoms with van der Waals surface area (Å²) < 4.78 is 2.01. The van der Waals surface area contributed by atoms with Crippen LogP contribution in [0.15, 0.2) is 24.7 Å². The molecule has 0 unspecified atom stereocenters. The molecular weight excluding hydrogens is 230 g/mol. The molecule has 0 saturated carbocycles. The zero-order chi connectivity index (χ0) is 12.5. The normalized spacial score (nSPS) is 14.2. The largest absolute Gasteiger partial charge is 0.477 e. The molecule has 0 atom stereocenters. The standard InChI is InChI=1S/C13H13N3O2/c17-13(18)11-6-5-9(7-14-11)16-8-15-10-3-1-2-4-12(10)16/h5-8H,1-4H2,(H,17,18). The number of aryl methyl sites for hydroxylation is 1. The van der Waals surface area contributed by atoms with E-state index in [0.29, 0.717) is 0 Å². The second kappa shape index (κ2) is 4.25. The first-order valence-electron chi connectivity index (χ1n) is 6.00. The quantitative estimate of drug-likeness (QED) is 0.873. The van der Waals surface area contributed by atoms with Crippen LogP contribution in [-0.4, -0.2) is 25.6 Å². The molecule has 0 bridgehead atoms. The number of hydrogen-bond acceptors (Lipinski definition) is 3. The number of imidazole rings is 1. The predicted octanol–water partition coefficient (Wildman–Crippen LogP) is 1.84. The van der Waals surface area contributed by atoms with Gasteiger partial charge in [0, 0.05) is 5.69 Å². The minimum absolute atomic E-state index is 0.0627. The fourth-order valence-corrected chi connectivity index (χ4v) is 2.35. The highest BCUT2D eigenvalue weighted by atomic mass is 16.4. The minimum atomic E-state index is -1.01. The summed E-state index contributed by atoms with van der Waals surface area (Å²) in [6.45, 7) is 0. The highest BCUT2D eigenvalue weighted by molar-refractivity contribution is 5.85. The Kier molecular flexibility index (Phi) is 2.59. The summed E-state index contributed by atoms with van der Waals surface area (Å²) in [5, 5.41) is 8.82. The van der Waals surface area contributed by atoms with Gasteiger partial charge in [-0.1, -0.05) is 0 Å². The van der Waals surface area contributed by atoms with Crippen molar-refractivity contribution in [3.05, 3.63) is 41.7 Å². The van der Waals surface area contributed by atoms with Crippen LogP contribution in [0.1, 0.15) is 34.7 Å². The Morgan fingerprint density at radius 3 is 2.78 bits per heavy atom. The zero-order valence-corrected chi connectivity index (χ0v) is 9.83. The Morgan fingerprint density at radius 1 is 1.22 bits per heavy atom. The lowest BCUT2D eigenvalue weighted by atomic mass is 10.0. The van der Waals surface area contributed by atoms with E-state index in [1.165, 1.54) is 24.6 Å². The van der Waals surface area contributed by atoms with Gasteiger partial charge in [-0.15, -0.1) is 0 Å². The lowest BCUT2D eigenvalue weighted by molar-refractivity contribution is 0.0690. The number of rotatable bonds is 2. The molecule has 18 heavy (non-hydrogen) atoms. The van der Waals surface area contributed by atoms with E-state index in [-0.39, 0.29) is 5.69 Å². The number of carbonyl (C=O) groups is 1. The van der Waals surface area contributed by atoms with Crippen LogP contribution in [0.25, 0.3) is 5.69 Å². The topological polar surface area (TPSA) is 68.0 Å². The van der Waals surface area contributed by atoms with E-state index in [9.17, 15) is 4.79 Å². The minimum Gasteiger partial charge on any atom is -0.477 e. The SMILES string of the molecule is O=C(O)c1ccc(-n2cnc3c2CCCC3)cn1. The Morgan fingerprint density at radius 2 is 2.06 bits per heavy atom. The summed E-state index contributed by atoms with van der Waals surface area (Å²) >= 11 is 0. The van der Waals surface area contributed by atoms with E-state index in [0.717, 1.165) is 24.2 Å². The predicted molar refractivity (Wildman–Crippen MR) is 65.0 cm³/mol. The van der Waals surface area contributed by atoms with Gasteiger partial charge in [-0.05, 0) is 37.8 Å². The molecule has 2 aromatic heterocycles. The van der Waals surface area contributed by atoms with Crippen molar-refractivity contribution in [2.45, 2.75) is 25.7 Å². The van der Waals surface area contributed by atoms with E-state index in [1.807, 2.05) is 4.57 Å². The number of aromatic nitrogens is 3. The molecule has 1 aliphatic carbocycles. The van der Waals surface area contributed by atoms with Crippen LogP contribution in [0, 0.1) is 0 Å². The van der Waals surface area contributed by atoms with Gasteiger partial charge in [0.1, 0.15) is 5.69 Å². The summed E-state index contributed by atoms with van der Waals surface area (Å²) in [6, 6.07) is 3.29. The first-order valence-corrected chi connectivity index (χ1v) is 6.00. The Balaban J connectivity index is 1.99. The fourth-order valence-electron chi connectivity index (χ4n) is 2.35. The summed E-state index contributed by atoms with van der Waals surface area (Å²) in [5.74, 6) is -1.01. The molecule has 0 radical (unpaired) electrons. The third-order valence-electron chi connectivity index (χ3n) is 3.28. The first-order chi connectivity index (χ1) is 8.75. The second-order valence-electron chi connectivity index (χ2n) is 4.42. The highest BCUT2D eigenvalue weighted by Gasteiger charge is 2.16. The van der Waals surface area contributed by atoms with Gasteiger partial charge in [-0.3, -0.25) is 0 Å². The summed E-state index contributed by atoms with van der Waals surface area (Å²) in [6.07, 6.45) is 7.81. The van der Waals surface area contributed by atoms with E-state index < -0.39 is 5.97 Å². The third kappa shape index (κ3) is 1.77. The summed E-state index contributed by atoms with van der Waals surface area (Å²) in [4.78, 5) is 19.1. The van der Waals surface area contributed by atoms with Gasteiger partial charge in [0.25, 0.3) is 0 Å². The van der Waals surface area contributed by atoms with E-state index in [4.69, 9.17) is 5.11 Å². The molecule has 0 amide bonds. The molecule has 3 rings (SSSR count). The van der Waals surface area contributed by atoms with Gasteiger partial charge >= 0.3 is 5.97 Å². The Hall–Kier alpha value is -2.17. The highest BCUT2D eigenvalue weighted by Crippen LogP contribution is 2.22. The average Bonchev–Trinajstić information content (AvgIpc) is 2.82. The fraction of sp³-hybridized carbons (Fsp3) is 0.308. The molecule has 2 heterocycles. The summed E-state index contributed by atoms with van der Waals surface area (Å²) in [5.41, 5.74) is 3.32. The van der Waals surface area contributed by atoms with Gasteiger partial charge in [0.15, 0.2) is 0 Å². The molecule has 0 aliphatic heterocycles. The van der Waals surface area contributed by atoms with Crippen LogP contribution in [0.2, 0.25) is 0 Å². The monoisotopic (exact) mass is 243 g/mol. The van der Waals surface area contributed by atoms with Crippen molar-refractivity contribution in [2.24, 2.45) is 0 Å². The van der Waals surface area contributed by atoms with E-state index in [1.54, 1.807) is 18.6 Å². The van der Waals surface area contributed by atoms with Gasteiger partial charge in [0.05, 0.1) is 23.9 Å². The molecule has 0 saturated heterocycles. The lowest BCUT2D eigenvalue weighted by Gasteiger charge is -2.13. The molecule has 92 valence electrons. The molecule has 0 fully saturated rings. The van der Waals surface area contributed by atoms with Crippen molar-refractivity contribution in [1.29, 1.82) is 0 Å². The Labute approximate surface area is 104 Å². The smallest absolute Gasteiger partial charge is 0.354 e. The maximum absolute atomic E-state index is 10.7. The van der Waals surface area contributed by atoms with Crippen molar-refractivity contribution in [3.63, 3.8) is 0 Å². The number of fused-ring (bicyclic) bond motifs is 1. The number of aromatic carboxylic acids is 1. The number of hydrogen-bond donors (Lipinski definition) is 1. The van der Waals surface area contributed by atoms with E-state index in [2.05, 4.69) is 9.97 Å². The summed E-state index contributed by atoms with van der Waals surface area (Å²) in [7, 11) is 0. The number of carboxylic acid groups (broad SMARTS) is 1. The number of nitrogens with zero attached hydrogens (tertiary/aromatic N) is 3. The molecule has 1 aliphatic rings. The maximum Gasteiger partial charge on any atom is 0.354 e. The van der Waals surface area contributed by atoms with Crippen molar-refractivity contribution >= 4 is 5.97 Å². The average molecular weight is 243 g/mol. The van der Waals surface area contributed by atoms with Gasteiger partial charge in [-0.2, -0.15) is 0 Å². The van der Waals surface area contributed by atoms with Crippen molar-refractivity contribution in [1.82, 2.24) is 14.5 Å². The lowest BCUT2D eigenvalue weighted by Crippen LogP contribution is -2.07. The van der Waals surface area contributed by atoms with Gasteiger partial charge < -0.3 is 9.67 Å². The first kappa shape index (κ1) is 11.0. The Bertz CT molecular complexity index is 587. The maximum atomic E-state index is 10.7. The molecule has 5 nitrogen and oxygen atoms in total. The molecule has 1 N–H and O–H groups in total. The van der Waals surface area contributed by atoms with E-state index >= 15 is 0 Å². The van der Waals surface area contributed by atoms with Crippen molar-refractivity contribution in [3.8, 4) is 5.69 Å². The van der Waals surface area contributed by atoms with Crippen molar-refractivity contribution in [2.75, 3.05) is 0 Å². The van der Waals surface area contributed by atoms with Crippen LogP contribution in [0.3, 0.4) is 0 Å². The second-order valence-corrected chi connectivity index (χ2v) is 4.42. The van der Waals surface area contributed by atoms with Crippen LogP contribution >= 0.6 is 0 Å². The molecule has 0 aromatic carbocycles. The van der Waals surface area contributed by atoms with Crippen LogP contribution in [0.5, 0.6) is 0 Å². The molecule has 0 spiro atoms.